The minimum Gasteiger partial charge on any atom is -0.496 e. The van der Waals surface area contributed by atoms with E-state index in [1.165, 1.54) is 11.1 Å². The molecular weight excluding hydrogens is 400 g/mol. The molecule has 1 aliphatic rings. The van der Waals surface area contributed by atoms with Gasteiger partial charge in [0, 0.05) is 24.5 Å². The van der Waals surface area contributed by atoms with Crippen molar-refractivity contribution in [1.29, 1.82) is 0 Å². The Balaban J connectivity index is 1.45. The maximum atomic E-state index is 12.9. The lowest BCUT2D eigenvalue weighted by molar-refractivity contribution is 0.0883. The van der Waals surface area contributed by atoms with Gasteiger partial charge in [-0.05, 0) is 69.1 Å². The van der Waals surface area contributed by atoms with Gasteiger partial charge >= 0.3 is 0 Å². The fraction of sp³-hybridized carbons (Fsp3) is 0.346. The van der Waals surface area contributed by atoms with Crippen molar-refractivity contribution < 1.29 is 9.53 Å². The van der Waals surface area contributed by atoms with E-state index in [2.05, 4.69) is 39.2 Å². The quantitative estimate of drug-likeness (QED) is 0.609. The van der Waals surface area contributed by atoms with Crippen molar-refractivity contribution >= 4 is 5.91 Å². The molecule has 1 aliphatic heterocycles. The summed E-state index contributed by atoms with van der Waals surface area (Å²) < 4.78 is 5.56. The van der Waals surface area contributed by atoms with E-state index in [0.717, 1.165) is 43.9 Å². The molecule has 0 radical (unpaired) electrons. The second kappa shape index (κ2) is 10.4. The van der Waals surface area contributed by atoms with Gasteiger partial charge in [0.05, 0.1) is 18.8 Å². The standard InChI is InChI=1S/C26H30N4O2/c1-19-9-10-24(32-2)21(17-19)18-30-15-11-20(12-16-30)25(22-7-3-5-13-27-22)29-26(31)23-8-4-6-14-28-23/h3-10,13-14,17,20,25H,11-12,15-16,18H2,1-2H3,(H,29,31)/t25-/m0/s1. The van der Waals surface area contributed by atoms with E-state index in [-0.39, 0.29) is 11.9 Å². The smallest absolute Gasteiger partial charge is 0.270 e. The van der Waals surface area contributed by atoms with Gasteiger partial charge in [-0.25, -0.2) is 0 Å². The number of aryl methyl sites for hydroxylation is 1. The fourth-order valence-corrected chi connectivity index (χ4v) is 4.42. The first-order chi connectivity index (χ1) is 15.6. The van der Waals surface area contributed by atoms with Crippen LogP contribution in [0.5, 0.6) is 5.75 Å². The number of nitrogens with zero attached hydrogens (tertiary/aromatic N) is 3. The van der Waals surface area contributed by atoms with E-state index in [0.29, 0.717) is 11.6 Å². The summed E-state index contributed by atoms with van der Waals surface area (Å²) >= 11 is 0. The van der Waals surface area contributed by atoms with Crippen molar-refractivity contribution in [2.75, 3.05) is 20.2 Å². The Labute approximate surface area is 189 Å². The molecule has 2 aromatic heterocycles. The molecule has 1 amide bonds. The van der Waals surface area contributed by atoms with Crippen LogP contribution in [0, 0.1) is 12.8 Å². The summed E-state index contributed by atoms with van der Waals surface area (Å²) in [6, 6.07) is 17.4. The van der Waals surface area contributed by atoms with Crippen molar-refractivity contribution in [3.8, 4) is 5.75 Å². The van der Waals surface area contributed by atoms with E-state index >= 15 is 0 Å². The number of rotatable bonds is 7. The number of benzene rings is 1. The topological polar surface area (TPSA) is 67.3 Å². The SMILES string of the molecule is COc1ccc(C)cc1CN1CCC([C@H](NC(=O)c2ccccn2)c2ccccn2)CC1. The monoisotopic (exact) mass is 430 g/mol. The number of pyridine rings is 2. The number of ether oxygens (including phenoxy) is 1. The molecule has 1 aromatic carbocycles. The summed E-state index contributed by atoms with van der Waals surface area (Å²) in [6.45, 7) is 4.90. The van der Waals surface area contributed by atoms with Gasteiger partial charge in [0.15, 0.2) is 0 Å². The fourth-order valence-electron chi connectivity index (χ4n) is 4.42. The van der Waals surface area contributed by atoms with Crippen molar-refractivity contribution in [3.05, 3.63) is 89.5 Å². The van der Waals surface area contributed by atoms with E-state index in [1.807, 2.05) is 36.4 Å². The number of amides is 1. The molecule has 166 valence electrons. The lowest BCUT2D eigenvalue weighted by atomic mass is 9.87. The highest BCUT2D eigenvalue weighted by atomic mass is 16.5. The molecular formula is C26H30N4O2. The summed E-state index contributed by atoms with van der Waals surface area (Å²) in [4.78, 5) is 24.1. The van der Waals surface area contributed by atoms with Crippen molar-refractivity contribution in [1.82, 2.24) is 20.2 Å². The zero-order valence-corrected chi connectivity index (χ0v) is 18.7. The molecule has 6 heteroatoms. The highest BCUT2D eigenvalue weighted by Gasteiger charge is 2.30. The second-order valence-electron chi connectivity index (χ2n) is 8.35. The van der Waals surface area contributed by atoms with Gasteiger partial charge in [0.2, 0.25) is 0 Å². The molecule has 3 heterocycles. The van der Waals surface area contributed by atoms with Crippen LogP contribution in [0.15, 0.2) is 67.0 Å². The summed E-state index contributed by atoms with van der Waals surface area (Å²) in [5.41, 5.74) is 3.78. The summed E-state index contributed by atoms with van der Waals surface area (Å²) in [5.74, 6) is 1.09. The number of piperidine rings is 1. The van der Waals surface area contributed by atoms with E-state index in [9.17, 15) is 4.79 Å². The molecule has 0 saturated carbocycles. The average Bonchev–Trinajstić information content (AvgIpc) is 2.84. The van der Waals surface area contributed by atoms with Crippen LogP contribution < -0.4 is 10.1 Å². The van der Waals surface area contributed by atoms with Crippen molar-refractivity contribution in [2.24, 2.45) is 5.92 Å². The molecule has 1 atom stereocenters. The summed E-state index contributed by atoms with van der Waals surface area (Å²) in [6.07, 6.45) is 5.40. The molecule has 3 aromatic rings. The van der Waals surface area contributed by atoms with Gasteiger partial charge in [0.1, 0.15) is 11.4 Å². The number of hydrogen-bond donors (Lipinski definition) is 1. The zero-order chi connectivity index (χ0) is 22.3. The summed E-state index contributed by atoms with van der Waals surface area (Å²) in [7, 11) is 1.72. The highest BCUT2D eigenvalue weighted by molar-refractivity contribution is 5.92. The Hall–Kier alpha value is -3.25. The van der Waals surface area contributed by atoms with Crippen LogP contribution in [0.1, 0.15) is 46.2 Å². The van der Waals surface area contributed by atoms with Crippen molar-refractivity contribution in [2.45, 2.75) is 32.4 Å². The molecule has 0 unspecified atom stereocenters. The third-order valence-electron chi connectivity index (χ3n) is 6.12. The Bertz CT molecular complexity index is 1020. The maximum Gasteiger partial charge on any atom is 0.270 e. The first kappa shape index (κ1) is 22.0. The third kappa shape index (κ3) is 5.32. The predicted octanol–water partition coefficient (Wildman–Crippen LogP) is 4.18. The Morgan fingerprint density at radius 2 is 1.84 bits per heavy atom. The van der Waals surface area contributed by atoms with E-state index < -0.39 is 0 Å². The number of nitrogens with one attached hydrogen (secondary N) is 1. The molecule has 4 rings (SSSR count). The van der Waals surface area contributed by atoms with Gasteiger partial charge in [-0.2, -0.15) is 0 Å². The second-order valence-corrected chi connectivity index (χ2v) is 8.35. The van der Waals surface area contributed by atoms with Crippen LogP contribution in [-0.2, 0) is 6.54 Å². The molecule has 6 nitrogen and oxygen atoms in total. The van der Waals surface area contributed by atoms with Gasteiger partial charge < -0.3 is 10.1 Å². The molecule has 0 spiro atoms. The van der Waals surface area contributed by atoms with Crippen molar-refractivity contribution in [3.63, 3.8) is 0 Å². The van der Waals surface area contributed by atoms with E-state index in [1.54, 1.807) is 25.6 Å². The largest absolute Gasteiger partial charge is 0.496 e. The van der Waals surface area contributed by atoms with Crippen LogP contribution in [0.2, 0.25) is 0 Å². The normalized spacial score (nSPS) is 15.8. The van der Waals surface area contributed by atoms with Gasteiger partial charge in [-0.15, -0.1) is 0 Å². The number of carbonyl (C=O) groups is 1. The van der Waals surface area contributed by atoms with Crippen LogP contribution in [0.4, 0.5) is 0 Å². The Morgan fingerprint density at radius 3 is 2.50 bits per heavy atom. The Kier molecular flexibility index (Phi) is 7.12. The number of aromatic nitrogens is 2. The van der Waals surface area contributed by atoms with Gasteiger partial charge in [-0.1, -0.05) is 29.8 Å². The minimum atomic E-state index is -0.159. The first-order valence-electron chi connectivity index (χ1n) is 11.1. The zero-order valence-electron chi connectivity index (χ0n) is 18.7. The average molecular weight is 431 g/mol. The van der Waals surface area contributed by atoms with Crippen LogP contribution >= 0.6 is 0 Å². The number of carbonyl (C=O) groups excluding carboxylic acids is 1. The summed E-state index contributed by atoms with van der Waals surface area (Å²) in [5, 5.41) is 3.21. The molecule has 1 N–H and O–H groups in total. The lowest BCUT2D eigenvalue weighted by Gasteiger charge is -2.36. The highest BCUT2D eigenvalue weighted by Crippen LogP contribution is 2.31. The molecule has 0 bridgehead atoms. The first-order valence-corrected chi connectivity index (χ1v) is 11.1. The Morgan fingerprint density at radius 1 is 1.09 bits per heavy atom. The maximum absolute atomic E-state index is 12.9. The van der Waals surface area contributed by atoms with Gasteiger partial charge in [-0.3, -0.25) is 19.7 Å². The number of likely N-dealkylation sites (tertiary alicyclic amines) is 1. The molecule has 1 fully saturated rings. The number of hydrogen-bond acceptors (Lipinski definition) is 5. The molecule has 1 saturated heterocycles. The molecule has 32 heavy (non-hydrogen) atoms. The lowest BCUT2D eigenvalue weighted by Crippen LogP contribution is -2.41. The third-order valence-corrected chi connectivity index (χ3v) is 6.12. The number of methoxy groups -OCH3 is 1. The molecule has 0 aliphatic carbocycles. The van der Waals surface area contributed by atoms with Gasteiger partial charge in [0.25, 0.3) is 5.91 Å². The van der Waals surface area contributed by atoms with E-state index in [4.69, 9.17) is 4.74 Å². The van der Waals surface area contributed by atoms with Crippen LogP contribution in [0.3, 0.4) is 0 Å². The van der Waals surface area contributed by atoms with Crippen LogP contribution in [0.25, 0.3) is 0 Å². The van der Waals surface area contributed by atoms with Crippen LogP contribution in [-0.4, -0.2) is 41.0 Å². The predicted molar refractivity (Wildman–Crippen MR) is 124 cm³/mol. The minimum absolute atomic E-state index is 0.138.